The number of Topliss-reactive ketones (excluding diaryl/α,β-unsaturated/α-hetero) is 1. The third-order valence-corrected chi connectivity index (χ3v) is 3.74. The number of para-hydroxylation sites is 1. The first-order valence-electron chi connectivity index (χ1n) is 8.61. The molecule has 0 spiro atoms. The van der Waals surface area contributed by atoms with Crippen LogP contribution in [0.4, 0.5) is 11.4 Å². The second-order valence-corrected chi connectivity index (χ2v) is 6.50. The number of amides is 1. The minimum Gasteiger partial charge on any atom is -0.454 e. The summed E-state index contributed by atoms with van der Waals surface area (Å²) in [5, 5.41) is 13.7. The summed E-state index contributed by atoms with van der Waals surface area (Å²) in [5.41, 5.74) is 0.237. The number of nitro groups is 1. The van der Waals surface area contributed by atoms with Crippen molar-refractivity contribution in [3.05, 3.63) is 69.8 Å². The molecule has 0 radical (unpaired) electrons. The van der Waals surface area contributed by atoms with Crippen LogP contribution in [0.2, 0.25) is 0 Å². The fraction of sp³-hybridized carbons (Fsp3) is 0.250. The van der Waals surface area contributed by atoms with Gasteiger partial charge in [0.2, 0.25) is 5.91 Å². The van der Waals surface area contributed by atoms with Crippen molar-refractivity contribution in [2.75, 3.05) is 11.9 Å². The molecule has 146 valence electrons. The van der Waals surface area contributed by atoms with Gasteiger partial charge in [0.1, 0.15) is 5.56 Å². The van der Waals surface area contributed by atoms with Crippen molar-refractivity contribution < 1.29 is 24.0 Å². The van der Waals surface area contributed by atoms with E-state index in [0.29, 0.717) is 12.1 Å². The van der Waals surface area contributed by atoms with Crippen LogP contribution < -0.4 is 5.32 Å². The van der Waals surface area contributed by atoms with Crippen LogP contribution in [-0.4, -0.2) is 29.2 Å². The second kappa shape index (κ2) is 9.40. The first-order valence-corrected chi connectivity index (χ1v) is 8.61. The van der Waals surface area contributed by atoms with E-state index in [9.17, 15) is 24.5 Å². The summed E-state index contributed by atoms with van der Waals surface area (Å²) < 4.78 is 4.91. The molecule has 0 unspecified atom stereocenters. The van der Waals surface area contributed by atoms with Crippen molar-refractivity contribution in [2.24, 2.45) is 5.92 Å². The molecule has 0 saturated heterocycles. The van der Waals surface area contributed by atoms with Crippen LogP contribution >= 0.6 is 0 Å². The molecule has 1 amide bonds. The van der Waals surface area contributed by atoms with Crippen molar-refractivity contribution in [2.45, 2.75) is 20.3 Å². The van der Waals surface area contributed by atoms with Gasteiger partial charge >= 0.3 is 5.97 Å². The minimum atomic E-state index is -0.946. The van der Waals surface area contributed by atoms with Crippen molar-refractivity contribution >= 4 is 29.0 Å². The van der Waals surface area contributed by atoms with E-state index in [1.54, 1.807) is 12.1 Å². The molecule has 1 N–H and O–H groups in total. The van der Waals surface area contributed by atoms with E-state index in [-0.39, 0.29) is 28.6 Å². The second-order valence-electron chi connectivity index (χ2n) is 6.50. The Kier molecular flexibility index (Phi) is 6.97. The highest BCUT2D eigenvalue weighted by Crippen LogP contribution is 2.19. The number of carbonyl (C=O) groups is 3. The van der Waals surface area contributed by atoms with Crippen LogP contribution in [0.5, 0.6) is 0 Å². The zero-order valence-electron chi connectivity index (χ0n) is 15.5. The van der Waals surface area contributed by atoms with Gasteiger partial charge in [0.25, 0.3) is 5.69 Å². The molecule has 0 aliphatic heterocycles. The number of esters is 1. The number of hydrogen-bond acceptors (Lipinski definition) is 6. The maximum atomic E-state index is 12.2. The van der Waals surface area contributed by atoms with Crippen LogP contribution in [0.15, 0.2) is 48.5 Å². The van der Waals surface area contributed by atoms with Crippen molar-refractivity contribution in [3.63, 3.8) is 0 Å². The third kappa shape index (κ3) is 5.73. The summed E-state index contributed by atoms with van der Waals surface area (Å²) in [6.45, 7) is 3.32. The normalized spacial score (nSPS) is 10.4. The summed E-state index contributed by atoms with van der Waals surface area (Å²) in [4.78, 5) is 46.2. The Labute approximate surface area is 161 Å². The molecule has 0 fully saturated rings. The van der Waals surface area contributed by atoms with Crippen LogP contribution in [0.3, 0.4) is 0 Å². The SMILES string of the molecule is CC(C)CC(=O)Nc1ccc(C(=O)COC(=O)c2ccccc2[N+](=O)[O-])cc1. The van der Waals surface area contributed by atoms with Gasteiger partial charge in [-0.3, -0.25) is 19.7 Å². The number of nitrogens with one attached hydrogen (secondary N) is 1. The average Bonchev–Trinajstić information content (AvgIpc) is 2.65. The summed E-state index contributed by atoms with van der Waals surface area (Å²) in [6, 6.07) is 11.5. The lowest BCUT2D eigenvalue weighted by molar-refractivity contribution is -0.385. The number of carbonyl (C=O) groups excluding carboxylic acids is 3. The molecule has 0 bridgehead atoms. The average molecular weight is 384 g/mol. The van der Waals surface area contributed by atoms with E-state index in [2.05, 4.69) is 5.32 Å². The predicted octanol–water partition coefficient (Wildman–Crippen LogP) is 3.62. The first-order chi connectivity index (χ1) is 13.3. The highest BCUT2D eigenvalue weighted by Gasteiger charge is 2.21. The third-order valence-electron chi connectivity index (χ3n) is 3.74. The predicted molar refractivity (Wildman–Crippen MR) is 102 cm³/mol. The van der Waals surface area contributed by atoms with Gasteiger partial charge < -0.3 is 10.1 Å². The number of ether oxygens (including phenoxy) is 1. The zero-order chi connectivity index (χ0) is 20.7. The Morgan fingerprint density at radius 2 is 1.71 bits per heavy atom. The monoisotopic (exact) mass is 384 g/mol. The van der Waals surface area contributed by atoms with Gasteiger partial charge in [-0.05, 0) is 36.2 Å². The first kappa shape index (κ1) is 20.8. The lowest BCUT2D eigenvalue weighted by Crippen LogP contribution is -2.16. The summed E-state index contributed by atoms with van der Waals surface area (Å²) >= 11 is 0. The lowest BCUT2D eigenvalue weighted by atomic mass is 10.1. The van der Waals surface area contributed by atoms with E-state index in [4.69, 9.17) is 4.74 Å². The maximum Gasteiger partial charge on any atom is 0.345 e. The van der Waals surface area contributed by atoms with E-state index in [1.807, 2.05) is 13.8 Å². The van der Waals surface area contributed by atoms with Gasteiger partial charge in [-0.1, -0.05) is 26.0 Å². The molecule has 8 heteroatoms. The molecule has 0 aliphatic rings. The molecule has 2 aromatic carbocycles. The molecule has 28 heavy (non-hydrogen) atoms. The smallest absolute Gasteiger partial charge is 0.345 e. The summed E-state index contributed by atoms with van der Waals surface area (Å²) in [5.74, 6) is -1.30. The number of nitro benzene ring substituents is 1. The van der Waals surface area contributed by atoms with Gasteiger partial charge in [-0.25, -0.2) is 4.79 Å². The van der Waals surface area contributed by atoms with Gasteiger partial charge in [-0.2, -0.15) is 0 Å². The Morgan fingerprint density at radius 3 is 2.32 bits per heavy atom. The Morgan fingerprint density at radius 1 is 1.07 bits per heavy atom. The number of rotatable bonds is 8. The van der Waals surface area contributed by atoms with Gasteiger partial charge in [0, 0.05) is 23.7 Å². The van der Waals surface area contributed by atoms with Crippen molar-refractivity contribution in [3.8, 4) is 0 Å². The molecule has 0 aromatic heterocycles. The maximum absolute atomic E-state index is 12.2. The lowest BCUT2D eigenvalue weighted by Gasteiger charge is -2.08. The van der Waals surface area contributed by atoms with E-state index >= 15 is 0 Å². The van der Waals surface area contributed by atoms with Gasteiger partial charge in [0.05, 0.1) is 4.92 Å². The van der Waals surface area contributed by atoms with E-state index < -0.39 is 23.3 Å². The number of anilines is 1. The molecule has 0 saturated carbocycles. The molecule has 0 aliphatic carbocycles. The molecule has 0 heterocycles. The topological polar surface area (TPSA) is 116 Å². The van der Waals surface area contributed by atoms with Crippen LogP contribution in [-0.2, 0) is 9.53 Å². The van der Waals surface area contributed by atoms with E-state index in [1.165, 1.54) is 36.4 Å². The van der Waals surface area contributed by atoms with Crippen molar-refractivity contribution in [1.82, 2.24) is 0 Å². The summed E-state index contributed by atoms with van der Waals surface area (Å²) in [6.07, 6.45) is 0.391. The standard InChI is InChI=1S/C20H20N2O6/c1-13(2)11-19(24)21-15-9-7-14(8-10-15)18(23)12-28-20(25)16-5-3-4-6-17(16)22(26)27/h3-10,13H,11-12H2,1-2H3,(H,21,24). The van der Waals surface area contributed by atoms with Gasteiger partial charge in [0.15, 0.2) is 12.4 Å². The van der Waals surface area contributed by atoms with Crippen LogP contribution in [0.25, 0.3) is 0 Å². The van der Waals surface area contributed by atoms with Gasteiger partial charge in [-0.15, -0.1) is 0 Å². The minimum absolute atomic E-state index is 0.118. The quantitative estimate of drug-likeness (QED) is 0.322. The molecular weight excluding hydrogens is 364 g/mol. The molecule has 2 rings (SSSR count). The highest BCUT2D eigenvalue weighted by molar-refractivity contribution is 6.00. The zero-order valence-corrected chi connectivity index (χ0v) is 15.5. The van der Waals surface area contributed by atoms with Crippen LogP contribution in [0, 0.1) is 16.0 Å². The van der Waals surface area contributed by atoms with Crippen LogP contribution in [0.1, 0.15) is 41.0 Å². The number of nitrogens with zero attached hydrogens (tertiary/aromatic N) is 1. The Bertz CT molecular complexity index is 890. The molecule has 0 atom stereocenters. The number of hydrogen-bond donors (Lipinski definition) is 1. The van der Waals surface area contributed by atoms with E-state index in [0.717, 1.165) is 0 Å². The fourth-order valence-electron chi connectivity index (χ4n) is 2.42. The number of ketones is 1. The molecule has 2 aromatic rings. The molecular formula is C20H20N2O6. The van der Waals surface area contributed by atoms with Crippen molar-refractivity contribution in [1.29, 1.82) is 0 Å². The number of benzene rings is 2. The highest BCUT2D eigenvalue weighted by atomic mass is 16.6. The molecule has 8 nitrogen and oxygen atoms in total. The Hall–Kier alpha value is -3.55. The fourth-order valence-corrected chi connectivity index (χ4v) is 2.42. The largest absolute Gasteiger partial charge is 0.454 e. The summed E-state index contributed by atoms with van der Waals surface area (Å²) in [7, 11) is 0. The Balaban J connectivity index is 1.95.